The van der Waals surface area contributed by atoms with Crippen LogP contribution in [0.25, 0.3) is 4.96 Å². The molecule has 0 unspecified atom stereocenters. The molecule has 0 fully saturated rings. The van der Waals surface area contributed by atoms with E-state index in [9.17, 15) is 9.59 Å². The second kappa shape index (κ2) is 7.63. The monoisotopic (exact) mass is 399 g/mol. The Morgan fingerprint density at radius 2 is 1.93 bits per heavy atom. The van der Waals surface area contributed by atoms with Crippen molar-refractivity contribution in [3.63, 3.8) is 0 Å². The van der Waals surface area contributed by atoms with E-state index in [0.717, 1.165) is 31.4 Å². The second-order valence-corrected chi connectivity index (χ2v) is 7.66. The molecule has 2 heterocycles. The lowest BCUT2D eigenvalue weighted by Gasteiger charge is -2.14. The Morgan fingerprint density at radius 1 is 1.21 bits per heavy atom. The number of rotatable bonds is 5. The summed E-state index contributed by atoms with van der Waals surface area (Å²) in [7, 11) is 3.12. The number of carbonyl (C=O) groups is 1. The normalized spacial score (nSPS) is 13.2. The summed E-state index contributed by atoms with van der Waals surface area (Å²) in [5, 5.41) is 2.79. The smallest absolute Gasteiger partial charge is 0.271 e. The molecule has 146 valence electrons. The standard InChI is InChI=1S/C20H21N3O4S/c1-26-15-7-5-8-16(27-2)12(15)10-21-18(24)13-11-22-20-23(19(13)25)14-6-3-4-9-17(14)28-20/h5,7-8,11H,3-4,6,9-10H2,1-2H3,(H,21,24). The van der Waals surface area contributed by atoms with Gasteiger partial charge >= 0.3 is 0 Å². The van der Waals surface area contributed by atoms with E-state index in [1.807, 2.05) is 6.07 Å². The van der Waals surface area contributed by atoms with Crippen molar-refractivity contribution in [1.82, 2.24) is 14.7 Å². The largest absolute Gasteiger partial charge is 0.496 e. The van der Waals surface area contributed by atoms with Gasteiger partial charge in [-0.3, -0.25) is 14.0 Å². The number of methoxy groups -OCH3 is 2. The molecule has 4 rings (SSSR count). The van der Waals surface area contributed by atoms with Gasteiger partial charge in [-0.05, 0) is 37.8 Å². The quantitative estimate of drug-likeness (QED) is 0.713. The molecule has 1 amide bonds. The van der Waals surface area contributed by atoms with Crippen molar-refractivity contribution in [2.45, 2.75) is 32.2 Å². The van der Waals surface area contributed by atoms with Gasteiger partial charge in [0.15, 0.2) is 4.96 Å². The molecule has 0 saturated heterocycles. The zero-order valence-corrected chi connectivity index (χ0v) is 16.6. The maximum absolute atomic E-state index is 13.0. The van der Waals surface area contributed by atoms with Crippen LogP contribution in [0.2, 0.25) is 0 Å². The summed E-state index contributed by atoms with van der Waals surface area (Å²) < 4.78 is 12.3. The zero-order chi connectivity index (χ0) is 19.7. The maximum Gasteiger partial charge on any atom is 0.271 e. The number of thiazole rings is 1. The van der Waals surface area contributed by atoms with E-state index in [-0.39, 0.29) is 17.7 Å². The molecule has 1 aliphatic rings. The number of hydrogen-bond acceptors (Lipinski definition) is 6. The summed E-state index contributed by atoms with van der Waals surface area (Å²) in [6.07, 6.45) is 5.37. The lowest BCUT2D eigenvalue weighted by Crippen LogP contribution is -2.32. The number of aromatic nitrogens is 2. The number of nitrogens with zero attached hydrogens (tertiary/aromatic N) is 2. The van der Waals surface area contributed by atoms with Crippen LogP contribution >= 0.6 is 11.3 Å². The second-order valence-electron chi connectivity index (χ2n) is 6.60. The minimum Gasteiger partial charge on any atom is -0.496 e. The first-order chi connectivity index (χ1) is 13.6. The van der Waals surface area contributed by atoms with Gasteiger partial charge < -0.3 is 14.8 Å². The summed E-state index contributed by atoms with van der Waals surface area (Å²) in [6, 6.07) is 5.40. The van der Waals surface area contributed by atoms with Crippen molar-refractivity contribution in [3.05, 3.63) is 56.4 Å². The fourth-order valence-corrected chi connectivity index (χ4v) is 4.76. The molecule has 0 aliphatic heterocycles. The lowest BCUT2D eigenvalue weighted by molar-refractivity contribution is 0.0948. The number of amides is 1. The first-order valence-corrected chi connectivity index (χ1v) is 9.96. The highest BCUT2D eigenvalue weighted by Crippen LogP contribution is 2.29. The zero-order valence-electron chi connectivity index (χ0n) is 15.8. The van der Waals surface area contributed by atoms with Gasteiger partial charge in [0, 0.05) is 16.8 Å². The Bertz CT molecular complexity index is 1080. The van der Waals surface area contributed by atoms with Crippen molar-refractivity contribution < 1.29 is 14.3 Å². The van der Waals surface area contributed by atoms with Gasteiger partial charge in [0.25, 0.3) is 11.5 Å². The van der Waals surface area contributed by atoms with E-state index < -0.39 is 5.91 Å². The van der Waals surface area contributed by atoms with E-state index in [1.165, 1.54) is 11.1 Å². The molecule has 8 heteroatoms. The van der Waals surface area contributed by atoms with Gasteiger partial charge in [-0.25, -0.2) is 4.98 Å². The third kappa shape index (κ3) is 3.13. The molecule has 1 aliphatic carbocycles. The summed E-state index contributed by atoms with van der Waals surface area (Å²) in [5.74, 6) is 0.754. The maximum atomic E-state index is 13.0. The van der Waals surface area contributed by atoms with E-state index in [0.29, 0.717) is 22.0 Å². The lowest BCUT2D eigenvalue weighted by atomic mass is 10.0. The van der Waals surface area contributed by atoms with Crippen LogP contribution in [0.4, 0.5) is 0 Å². The molecular weight excluding hydrogens is 378 g/mol. The third-order valence-electron chi connectivity index (χ3n) is 5.00. The molecule has 1 N–H and O–H groups in total. The van der Waals surface area contributed by atoms with E-state index in [2.05, 4.69) is 10.3 Å². The molecule has 7 nitrogen and oxygen atoms in total. The number of benzene rings is 1. The van der Waals surface area contributed by atoms with Gasteiger partial charge in [0.2, 0.25) is 0 Å². The van der Waals surface area contributed by atoms with Crippen LogP contribution in [0, 0.1) is 0 Å². The molecule has 0 atom stereocenters. The van der Waals surface area contributed by atoms with Crippen molar-refractivity contribution in [1.29, 1.82) is 0 Å². The topological polar surface area (TPSA) is 81.9 Å². The van der Waals surface area contributed by atoms with Crippen LogP contribution in [0.5, 0.6) is 11.5 Å². The van der Waals surface area contributed by atoms with E-state index in [1.54, 1.807) is 42.1 Å². The number of carbonyl (C=O) groups excluding carboxylic acids is 1. The van der Waals surface area contributed by atoms with Crippen molar-refractivity contribution in [2.75, 3.05) is 14.2 Å². The molecule has 0 spiro atoms. The Kier molecular flexibility index (Phi) is 5.04. The van der Waals surface area contributed by atoms with Gasteiger partial charge in [-0.15, -0.1) is 11.3 Å². The highest BCUT2D eigenvalue weighted by molar-refractivity contribution is 7.17. The molecule has 2 aromatic heterocycles. The molecule has 1 aromatic carbocycles. The SMILES string of the molecule is COc1cccc(OC)c1CNC(=O)c1cnc2sc3c(n2c1=O)CCCC3. The van der Waals surface area contributed by atoms with Crippen LogP contribution in [-0.4, -0.2) is 29.5 Å². The fourth-order valence-electron chi connectivity index (χ4n) is 3.59. The van der Waals surface area contributed by atoms with Crippen LogP contribution < -0.4 is 20.3 Å². The highest BCUT2D eigenvalue weighted by Gasteiger charge is 2.21. The number of nitrogens with one attached hydrogen (secondary N) is 1. The number of aryl methyl sites for hydroxylation is 2. The average molecular weight is 399 g/mol. The predicted octanol–water partition coefficient (Wildman–Crippen LogP) is 2.58. The Balaban J connectivity index is 1.64. The fraction of sp³-hybridized carbons (Fsp3) is 0.350. The van der Waals surface area contributed by atoms with Gasteiger partial charge in [0.05, 0.1) is 26.3 Å². The van der Waals surface area contributed by atoms with Crippen molar-refractivity contribution >= 4 is 22.2 Å². The molecule has 0 saturated carbocycles. The molecule has 0 bridgehead atoms. The Hall–Kier alpha value is -2.87. The third-order valence-corrected chi connectivity index (χ3v) is 6.16. The number of hydrogen-bond donors (Lipinski definition) is 1. The highest BCUT2D eigenvalue weighted by atomic mass is 32.1. The minimum atomic E-state index is -0.462. The Labute approximate surface area is 165 Å². The van der Waals surface area contributed by atoms with Crippen LogP contribution in [0.15, 0.2) is 29.2 Å². The predicted molar refractivity (Wildman–Crippen MR) is 107 cm³/mol. The van der Waals surface area contributed by atoms with Crippen LogP contribution in [0.1, 0.15) is 39.3 Å². The van der Waals surface area contributed by atoms with Crippen LogP contribution in [0.3, 0.4) is 0 Å². The van der Waals surface area contributed by atoms with Gasteiger partial charge in [-0.2, -0.15) is 0 Å². The first kappa shape index (κ1) is 18.5. The van der Waals surface area contributed by atoms with Gasteiger partial charge in [-0.1, -0.05) is 6.07 Å². The van der Waals surface area contributed by atoms with E-state index in [4.69, 9.17) is 9.47 Å². The van der Waals surface area contributed by atoms with Gasteiger partial charge in [0.1, 0.15) is 17.1 Å². The number of fused-ring (bicyclic) bond motifs is 3. The Morgan fingerprint density at radius 3 is 2.64 bits per heavy atom. The van der Waals surface area contributed by atoms with Crippen LogP contribution in [-0.2, 0) is 19.4 Å². The summed E-state index contributed by atoms with van der Waals surface area (Å²) in [5.41, 5.74) is 1.44. The first-order valence-electron chi connectivity index (χ1n) is 9.14. The minimum absolute atomic E-state index is 0.0394. The van der Waals surface area contributed by atoms with Crippen molar-refractivity contribution in [2.24, 2.45) is 0 Å². The number of ether oxygens (including phenoxy) is 2. The summed E-state index contributed by atoms with van der Waals surface area (Å²) in [4.78, 5) is 31.9. The average Bonchev–Trinajstić information content (AvgIpc) is 3.11. The molecule has 28 heavy (non-hydrogen) atoms. The van der Waals surface area contributed by atoms with Crippen molar-refractivity contribution in [3.8, 4) is 11.5 Å². The molecule has 3 aromatic rings. The summed E-state index contributed by atoms with van der Waals surface area (Å²) >= 11 is 1.54. The molecular formula is C20H21N3O4S. The molecule has 0 radical (unpaired) electrons. The summed E-state index contributed by atoms with van der Waals surface area (Å²) in [6.45, 7) is 0.176. The van der Waals surface area contributed by atoms with E-state index >= 15 is 0 Å².